The molecule has 0 spiro atoms. The van der Waals surface area contributed by atoms with Crippen molar-refractivity contribution in [3.63, 3.8) is 0 Å². The summed E-state index contributed by atoms with van der Waals surface area (Å²) in [6.07, 6.45) is 0. The second-order valence-corrected chi connectivity index (χ2v) is 6.29. The Morgan fingerprint density at radius 3 is 3.00 bits per heavy atom. The Kier molecular flexibility index (Phi) is 3.87. The van der Waals surface area contributed by atoms with Crippen molar-refractivity contribution in [3.8, 4) is 5.75 Å². The number of fused-ring (bicyclic) bond motifs is 2. The summed E-state index contributed by atoms with van der Waals surface area (Å²) in [5, 5.41) is 5.06. The summed E-state index contributed by atoms with van der Waals surface area (Å²) in [6, 6.07) is 12.2. The molecule has 2 aromatic carbocycles. The predicted molar refractivity (Wildman–Crippen MR) is 91.7 cm³/mol. The van der Waals surface area contributed by atoms with Crippen LogP contribution >= 0.6 is 23.4 Å². The molecule has 1 N–H and O–H groups in total. The first-order valence-corrected chi connectivity index (χ1v) is 8.38. The van der Waals surface area contributed by atoms with E-state index in [1.54, 1.807) is 42.5 Å². The summed E-state index contributed by atoms with van der Waals surface area (Å²) >= 11 is 7.25. The standard InChI is InChI=1S/C16H10ClN3O3S/c17-9-5-6-13-11(7-9)18-16(23-13)24-8-14-19-20-15(21)10-3-1-2-4-12(10)22-14/h1-7H,8H2,(H,20,21). The van der Waals surface area contributed by atoms with Crippen LogP contribution in [-0.2, 0) is 0 Å². The van der Waals surface area contributed by atoms with Gasteiger partial charge in [-0.05, 0) is 30.3 Å². The number of carbonyl (C=O) groups excluding carboxylic acids is 1. The normalized spacial score (nSPS) is 13.7. The van der Waals surface area contributed by atoms with Gasteiger partial charge in [0.25, 0.3) is 11.1 Å². The maximum absolute atomic E-state index is 11.9. The highest BCUT2D eigenvalue weighted by Crippen LogP contribution is 2.27. The predicted octanol–water partition coefficient (Wildman–Crippen LogP) is 3.71. The number of hydrogen-bond donors (Lipinski definition) is 1. The van der Waals surface area contributed by atoms with Gasteiger partial charge < -0.3 is 9.15 Å². The highest BCUT2D eigenvalue weighted by atomic mass is 35.5. The number of thioether (sulfide) groups is 1. The molecular weight excluding hydrogens is 350 g/mol. The first-order chi connectivity index (χ1) is 11.7. The van der Waals surface area contributed by atoms with Gasteiger partial charge in [0.15, 0.2) is 5.58 Å². The lowest BCUT2D eigenvalue weighted by atomic mass is 10.2. The van der Waals surface area contributed by atoms with Crippen LogP contribution in [0.4, 0.5) is 0 Å². The molecule has 1 aliphatic heterocycles. The minimum Gasteiger partial charge on any atom is -0.440 e. The third kappa shape index (κ3) is 2.95. The molecule has 4 rings (SSSR count). The van der Waals surface area contributed by atoms with Crippen molar-refractivity contribution in [1.29, 1.82) is 0 Å². The summed E-state index contributed by atoms with van der Waals surface area (Å²) in [5.74, 6) is 0.881. The Morgan fingerprint density at radius 2 is 2.08 bits per heavy atom. The Balaban J connectivity index is 1.52. The van der Waals surface area contributed by atoms with E-state index in [4.69, 9.17) is 20.8 Å². The third-order valence-electron chi connectivity index (χ3n) is 3.29. The summed E-state index contributed by atoms with van der Waals surface area (Å²) in [5.41, 5.74) is 4.25. The Morgan fingerprint density at radius 1 is 1.21 bits per heavy atom. The van der Waals surface area contributed by atoms with Crippen LogP contribution in [0.1, 0.15) is 10.4 Å². The smallest absolute Gasteiger partial charge is 0.275 e. The average molecular weight is 360 g/mol. The highest BCUT2D eigenvalue weighted by Gasteiger charge is 2.19. The van der Waals surface area contributed by atoms with E-state index in [1.807, 2.05) is 0 Å². The van der Waals surface area contributed by atoms with Gasteiger partial charge in [0.2, 0.25) is 5.90 Å². The van der Waals surface area contributed by atoms with Gasteiger partial charge in [0, 0.05) is 5.02 Å². The fraction of sp³-hybridized carbons (Fsp3) is 0.0625. The summed E-state index contributed by atoms with van der Waals surface area (Å²) in [7, 11) is 0. The summed E-state index contributed by atoms with van der Waals surface area (Å²) < 4.78 is 11.3. The van der Waals surface area contributed by atoms with Crippen molar-refractivity contribution in [2.24, 2.45) is 5.10 Å². The van der Waals surface area contributed by atoms with E-state index in [1.165, 1.54) is 11.8 Å². The third-order valence-corrected chi connectivity index (χ3v) is 4.34. The largest absolute Gasteiger partial charge is 0.440 e. The van der Waals surface area contributed by atoms with Crippen molar-refractivity contribution >= 4 is 46.3 Å². The van der Waals surface area contributed by atoms with E-state index >= 15 is 0 Å². The lowest BCUT2D eigenvalue weighted by Gasteiger charge is -2.06. The second-order valence-electron chi connectivity index (χ2n) is 4.93. The number of halogens is 1. The van der Waals surface area contributed by atoms with Gasteiger partial charge in [-0.1, -0.05) is 35.5 Å². The van der Waals surface area contributed by atoms with Gasteiger partial charge in [0.05, 0.1) is 11.3 Å². The lowest BCUT2D eigenvalue weighted by Crippen LogP contribution is -2.18. The summed E-state index contributed by atoms with van der Waals surface area (Å²) in [4.78, 5) is 16.3. The van der Waals surface area contributed by atoms with Crippen LogP contribution in [0, 0.1) is 0 Å². The topological polar surface area (TPSA) is 76.7 Å². The van der Waals surface area contributed by atoms with E-state index in [2.05, 4.69) is 15.5 Å². The maximum atomic E-state index is 11.9. The first kappa shape index (κ1) is 15.0. The van der Waals surface area contributed by atoms with E-state index in [-0.39, 0.29) is 5.91 Å². The Hall–Kier alpha value is -2.51. The molecule has 6 nitrogen and oxygen atoms in total. The van der Waals surface area contributed by atoms with Crippen molar-refractivity contribution in [1.82, 2.24) is 10.4 Å². The molecular formula is C16H10ClN3O3S. The zero-order chi connectivity index (χ0) is 16.5. The van der Waals surface area contributed by atoms with Crippen LogP contribution in [-0.4, -0.2) is 22.5 Å². The number of aromatic nitrogens is 1. The van der Waals surface area contributed by atoms with Gasteiger partial charge in [-0.25, -0.2) is 10.4 Å². The molecule has 24 heavy (non-hydrogen) atoms. The molecule has 3 aromatic rings. The van der Waals surface area contributed by atoms with Crippen LogP contribution in [0.3, 0.4) is 0 Å². The monoisotopic (exact) mass is 359 g/mol. The molecule has 0 atom stereocenters. The number of para-hydroxylation sites is 1. The van der Waals surface area contributed by atoms with Gasteiger partial charge in [-0.3, -0.25) is 4.79 Å². The molecule has 0 saturated carbocycles. The molecule has 0 fully saturated rings. The quantitative estimate of drug-likeness (QED) is 0.721. The van der Waals surface area contributed by atoms with Gasteiger partial charge in [-0.15, -0.1) is 5.10 Å². The summed E-state index contributed by atoms with van der Waals surface area (Å²) in [6.45, 7) is 0. The van der Waals surface area contributed by atoms with Crippen molar-refractivity contribution < 1.29 is 13.9 Å². The minimum absolute atomic E-state index is 0.304. The first-order valence-electron chi connectivity index (χ1n) is 7.02. The number of amides is 1. The van der Waals surface area contributed by atoms with Crippen molar-refractivity contribution in [3.05, 3.63) is 53.1 Å². The highest BCUT2D eigenvalue weighted by molar-refractivity contribution is 7.99. The molecule has 1 amide bonds. The molecule has 0 saturated heterocycles. The number of hydrazone groups is 1. The van der Waals surface area contributed by atoms with E-state index in [9.17, 15) is 4.79 Å². The maximum Gasteiger partial charge on any atom is 0.275 e. The molecule has 1 aliphatic rings. The number of nitrogens with zero attached hydrogens (tertiary/aromatic N) is 2. The van der Waals surface area contributed by atoms with Crippen molar-refractivity contribution in [2.45, 2.75) is 5.22 Å². The molecule has 0 unspecified atom stereocenters. The molecule has 0 bridgehead atoms. The van der Waals surface area contributed by atoms with Crippen LogP contribution in [0.25, 0.3) is 11.1 Å². The Labute approximate surface area is 145 Å². The zero-order valence-electron chi connectivity index (χ0n) is 12.2. The molecule has 0 radical (unpaired) electrons. The Bertz CT molecular complexity index is 970. The molecule has 120 valence electrons. The van der Waals surface area contributed by atoms with Gasteiger partial charge in [0.1, 0.15) is 11.3 Å². The molecule has 2 heterocycles. The lowest BCUT2D eigenvalue weighted by molar-refractivity contribution is 0.0955. The number of carbonyl (C=O) groups is 1. The number of rotatable bonds is 3. The van der Waals surface area contributed by atoms with E-state index in [0.717, 1.165) is 0 Å². The number of ether oxygens (including phenoxy) is 1. The van der Waals surface area contributed by atoms with Gasteiger partial charge >= 0.3 is 0 Å². The second kappa shape index (κ2) is 6.18. The number of oxazole rings is 1. The van der Waals surface area contributed by atoms with Gasteiger partial charge in [-0.2, -0.15) is 0 Å². The average Bonchev–Trinajstić information content (AvgIpc) is 2.91. The van der Waals surface area contributed by atoms with Crippen LogP contribution in [0.5, 0.6) is 5.75 Å². The van der Waals surface area contributed by atoms with Crippen LogP contribution in [0.2, 0.25) is 5.02 Å². The number of nitrogens with one attached hydrogen (secondary N) is 1. The SMILES string of the molecule is O=C1NN=C(CSc2nc3cc(Cl)ccc3o2)Oc2ccccc21. The van der Waals surface area contributed by atoms with E-state index < -0.39 is 0 Å². The van der Waals surface area contributed by atoms with Crippen LogP contribution in [0.15, 0.2) is 57.2 Å². The minimum atomic E-state index is -0.304. The number of benzene rings is 2. The fourth-order valence-electron chi connectivity index (χ4n) is 2.19. The van der Waals surface area contributed by atoms with Crippen LogP contribution < -0.4 is 10.2 Å². The van der Waals surface area contributed by atoms with Crippen molar-refractivity contribution in [2.75, 3.05) is 5.75 Å². The number of hydrogen-bond acceptors (Lipinski definition) is 6. The molecule has 1 aromatic heterocycles. The molecule has 8 heteroatoms. The zero-order valence-corrected chi connectivity index (χ0v) is 13.7. The van der Waals surface area contributed by atoms with E-state index in [0.29, 0.717) is 44.3 Å². The fourth-order valence-corrected chi connectivity index (χ4v) is 3.04. The molecule has 0 aliphatic carbocycles.